The molecule has 2 rings (SSSR count). The predicted molar refractivity (Wildman–Crippen MR) is 59.0 cm³/mol. The van der Waals surface area contributed by atoms with Gasteiger partial charge in [0, 0.05) is 17.4 Å². The summed E-state index contributed by atoms with van der Waals surface area (Å²) < 4.78 is 18.7. The Balaban J connectivity index is 2.13. The summed E-state index contributed by atoms with van der Waals surface area (Å²) >= 11 is 5.79. The molecule has 0 amide bonds. The van der Waals surface area contributed by atoms with Crippen molar-refractivity contribution in [3.8, 4) is 0 Å². The van der Waals surface area contributed by atoms with Gasteiger partial charge in [-0.25, -0.2) is 4.39 Å². The van der Waals surface area contributed by atoms with Gasteiger partial charge in [-0.3, -0.25) is 4.79 Å². The van der Waals surface area contributed by atoms with Crippen LogP contribution >= 0.6 is 11.6 Å². The zero-order chi connectivity index (χ0) is 11.5. The van der Waals surface area contributed by atoms with Crippen LogP contribution in [0.5, 0.6) is 0 Å². The van der Waals surface area contributed by atoms with Crippen molar-refractivity contribution >= 4 is 17.4 Å². The highest BCUT2D eigenvalue weighted by Gasteiger charge is 2.24. The fourth-order valence-electron chi connectivity index (χ4n) is 1.83. The van der Waals surface area contributed by atoms with Gasteiger partial charge in [0.1, 0.15) is 11.6 Å². The predicted octanol–water partition coefficient (Wildman–Crippen LogP) is 2.63. The highest BCUT2D eigenvalue weighted by molar-refractivity contribution is 6.30. The number of carbonyl (C=O) groups excluding carboxylic acids is 1. The van der Waals surface area contributed by atoms with Gasteiger partial charge in [0.25, 0.3) is 0 Å². The van der Waals surface area contributed by atoms with Crippen LogP contribution in [0.4, 0.5) is 4.39 Å². The van der Waals surface area contributed by atoms with Crippen molar-refractivity contribution in [2.45, 2.75) is 12.8 Å². The van der Waals surface area contributed by atoms with E-state index < -0.39 is 0 Å². The molecular weight excluding hydrogens is 231 g/mol. The Kier molecular flexibility index (Phi) is 3.56. The molecule has 0 saturated carbocycles. The number of hydrogen-bond acceptors (Lipinski definition) is 2. The van der Waals surface area contributed by atoms with Gasteiger partial charge in [-0.1, -0.05) is 11.6 Å². The molecule has 0 spiro atoms. The molecule has 4 heteroatoms. The molecule has 0 bridgehead atoms. The van der Waals surface area contributed by atoms with E-state index in [2.05, 4.69) is 0 Å². The van der Waals surface area contributed by atoms with Crippen molar-refractivity contribution < 1.29 is 13.9 Å². The van der Waals surface area contributed by atoms with E-state index in [0.29, 0.717) is 36.6 Å². The molecule has 1 aromatic carbocycles. The number of halogens is 2. The van der Waals surface area contributed by atoms with Gasteiger partial charge >= 0.3 is 0 Å². The van der Waals surface area contributed by atoms with Gasteiger partial charge in [-0.05, 0) is 30.2 Å². The molecule has 2 nitrogen and oxygen atoms in total. The van der Waals surface area contributed by atoms with Crippen LogP contribution in [0.2, 0.25) is 5.02 Å². The van der Waals surface area contributed by atoms with Crippen molar-refractivity contribution in [1.29, 1.82) is 0 Å². The molecule has 1 aromatic rings. The lowest BCUT2D eigenvalue weighted by Gasteiger charge is -2.21. The van der Waals surface area contributed by atoms with Gasteiger partial charge in [-0.2, -0.15) is 0 Å². The van der Waals surface area contributed by atoms with Crippen molar-refractivity contribution in [3.05, 3.63) is 34.6 Å². The molecule has 1 aliphatic rings. The van der Waals surface area contributed by atoms with Crippen molar-refractivity contribution in [1.82, 2.24) is 0 Å². The summed E-state index contributed by atoms with van der Waals surface area (Å²) in [6.07, 6.45) is 0.790. The molecule has 16 heavy (non-hydrogen) atoms. The van der Waals surface area contributed by atoms with E-state index in [9.17, 15) is 9.18 Å². The standard InChI is InChI=1S/C12H12ClFO2/c13-10-1-2-11(14)8(6-10)5-9-7-16-4-3-12(9)15/h1-2,6,9H,3-5,7H2. The third kappa shape index (κ3) is 2.60. The molecule has 0 aromatic heterocycles. The van der Waals surface area contributed by atoms with Crippen molar-refractivity contribution in [3.63, 3.8) is 0 Å². The maximum atomic E-state index is 13.4. The molecule has 1 fully saturated rings. The first-order valence-corrected chi connectivity index (χ1v) is 5.59. The highest BCUT2D eigenvalue weighted by Crippen LogP contribution is 2.21. The lowest BCUT2D eigenvalue weighted by molar-refractivity contribution is -0.130. The van der Waals surface area contributed by atoms with Crippen LogP contribution in [-0.2, 0) is 16.0 Å². The number of ketones is 1. The Hall–Kier alpha value is -0.930. The fraction of sp³-hybridized carbons (Fsp3) is 0.417. The van der Waals surface area contributed by atoms with E-state index in [1.165, 1.54) is 12.1 Å². The minimum Gasteiger partial charge on any atom is -0.380 e. The second kappa shape index (κ2) is 4.93. The van der Waals surface area contributed by atoms with Gasteiger partial charge in [0.2, 0.25) is 0 Å². The molecular formula is C12H12ClFO2. The summed E-state index contributed by atoms with van der Waals surface area (Å²) in [5, 5.41) is 0.487. The molecule has 0 radical (unpaired) electrons. The third-order valence-electron chi connectivity index (χ3n) is 2.74. The van der Waals surface area contributed by atoms with Crippen LogP contribution in [0.25, 0.3) is 0 Å². The topological polar surface area (TPSA) is 26.3 Å². The van der Waals surface area contributed by atoms with Crippen LogP contribution < -0.4 is 0 Å². The van der Waals surface area contributed by atoms with Gasteiger partial charge < -0.3 is 4.74 Å². The second-order valence-electron chi connectivity index (χ2n) is 3.93. The molecule has 0 aliphatic carbocycles. The summed E-state index contributed by atoms with van der Waals surface area (Å²) in [4.78, 5) is 11.6. The molecule has 1 unspecified atom stereocenters. The summed E-state index contributed by atoms with van der Waals surface area (Å²) in [5.41, 5.74) is 0.483. The minimum absolute atomic E-state index is 0.144. The molecule has 1 saturated heterocycles. The third-order valence-corrected chi connectivity index (χ3v) is 2.98. The average Bonchev–Trinajstić information content (AvgIpc) is 2.27. The zero-order valence-corrected chi connectivity index (χ0v) is 9.47. The summed E-state index contributed by atoms with van der Waals surface area (Å²) in [6, 6.07) is 4.39. The maximum absolute atomic E-state index is 13.4. The number of Topliss-reactive ketones (excluding diaryl/α,β-unsaturated/α-hetero) is 1. The average molecular weight is 243 g/mol. The van der Waals surface area contributed by atoms with Gasteiger partial charge in [0.05, 0.1) is 13.2 Å². The van der Waals surface area contributed by atoms with E-state index in [-0.39, 0.29) is 17.5 Å². The Labute approximate surface area is 98.4 Å². The van der Waals surface area contributed by atoms with Gasteiger partial charge in [0.15, 0.2) is 0 Å². The van der Waals surface area contributed by atoms with Crippen LogP contribution in [0.15, 0.2) is 18.2 Å². The lowest BCUT2D eigenvalue weighted by Crippen LogP contribution is -2.29. The second-order valence-corrected chi connectivity index (χ2v) is 4.36. The quantitative estimate of drug-likeness (QED) is 0.797. The van der Waals surface area contributed by atoms with Crippen LogP contribution in [0.1, 0.15) is 12.0 Å². The lowest BCUT2D eigenvalue weighted by atomic mass is 9.93. The molecule has 0 N–H and O–H groups in total. The monoisotopic (exact) mass is 242 g/mol. The molecule has 1 atom stereocenters. The molecule has 1 heterocycles. The minimum atomic E-state index is -0.317. The van der Waals surface area contributed by atoms with E-state index >= 15 is 0 Å². The Bertz CT molecular complexity index is 406. The van der Waals surface area contributed by atoms with Crippen LogP contribution in [0.3, 0.4) is 0 Å². The fourth-order valence-corrected chi connectivity index (χ4v) is 2.03. The van der Waals surface area contributed by atoms with Crippen LogP contribution in [-0.4, -0.2) is 19.0 Å². The van der Waals surface area contributed by atoms with Crippen LogP contribution in [0, 0.1) is 11.7 Å². The summed E-state index contributed by atoms with van der Waals surface area (Å²) in [6.45, 7) is 0.859. The van der Waals surface area contributed by atoms with Crippen molar-refractivity contribution in [2.75, 3.05) is 13.2 Å². The first-order valence-electron chi connectivity index (χ1n) is 5.21. The van der Waals surface area contributed by atoms with E-state index in [1.54, 1.807) is 6.07 Å². The normalized spacial score (nSPS) is 21.1. The smallest absolute Gasteiger partial charge is 0.140 e. The number of hydrogen-bond donors (Lipinski definition) is 0. The first kappa shape index (κ1) is 11.6. The van der Waals surface area contributed by atoms with E-state index in [1.807, 2.05) is 0 Å². The Morgan fingerprint density at radius 3 is 3.06 bits per heavy atom. The van der Waals surface area contributed by atoms with Gasteiger partial charge in [-0.15, -0.1) is 0 Å². The largest absolute Gasteiger partial charge is 0.380 e. The summed E-state index contributed by atoms with van der Waals surface area (Å²) in [7, 11) is 0. The Morgan fingerprint density at radius 1 is 1.50 bits per heavy atom. The number of benzene rings is 1. The molecule has 86 valence electrons. The van der Waals surface area contributed by atoms with E-state index in [0.717, 1.165) is 0 Å². The first-order chi connectivity index (χ1) is 7.66. The zero-order valence-electron chi connectivity index (χ0n) is 8.71. The van der Waals surface area contributed by atoms with Crippen molar-refractivity contribution in [2.24, 2.45) is 5.92 Å². The number of ether oxygens (including phenoxy) is 1. The SMILES string of the molecule is O=C1CCOCC1Cc1cc(Cl)ccc1F. The van der Waals surface area contributed by atoms with E-state index in [4.69, 9.17) is 16.3 Å². The number of rotatable bonds is 2. The maximum Gasteiger partial charge on any atom is 0.140 e. The Morgan fingerprint density at radius 2 is 2.31 bits per heavy atom. The summed E-state index contributed by atoms with van der Waals surface area (Å²) in [5.74, 6) is -0.407. The number of carbonyl (C=O) groups is 1. The highest BCUT2D eigenvalue weighted by atomic mass is 35.5. The molecule has 1 aliphatic heterocycles.